The van der Waals surface area contributed by atoms with Crippen LogP contribution in [0.1, 0.15) is 60.0 Å². The molecule has 2 heterocycles. The lowest BCUT2D eigenvalue weighted by Gasteiger charge is -2.27. The topological polar surface area (TPSA) is 134 Å². The molecule has 0 spiro atoms. The number of carboxylic acid groups (broad SMARTS) is 1. The number of anilines is 2. The Morgan fingerprint density at radius 2 is 1.81 bits per heavy atom. The molecule has 2 aromatic heterocycles. The number of halogens is 1. The zero-order valence-electron chi connectivity index (χ0n) is 23.2. The van der Waals surface area contributed by atoms with Crippen molar-refractivity contribution in [3.8, 4) is 5.82 Å². The molecule has 1 atom stereocenters. The molecular weight excluding hydrogens is 554 g/mol. The van der Waals surface area contributed by atoms with Crippen LogP contribution < -0.4 is 16.0 Å². The minimum absolute atomic E-state index is 0.0988. The predicted molar refractivity (Wildman–Crippen MR) is 162 cm³/mol. The second-order valence-corrected chi connectivity index (χ2v) is 11.0. The quantitative estimate of drug-likeness (QED) is 0.166. The van der Waals surface area contributed by atoms with Gasteiger partial charge in [0.2, 0.25) is 11.9 Å². The number of nitrogens with zero attached hydrogens (tertiary/aromatic N) is 4. The first-order valence-corrected chi connectivity index (χ1v) is 14.5. The molecule has 2 aromatic carbocycles. The van der Waals surface area contributed by atoms with Gasteiger partial charge in [0, 0.05) is 36.6 Å². The maximum absolute atomic E-state index is 13.5. The first-order valence-electron chi connectivity index (χ1n) is 14.1. The summed E-state index contributed by atoms with van der Waals surface area (Å²) in [5.41, 5.74) is 1.95. The van der Waals surface area contributed by atoms with Gasteiger partial charge < -0.3 is 21.1 Å². The molecule has 42 heavy (non-hydrogen) atoms. The minimum Gasteiger partial charge on any atom is -0.478 e. The molecule has 0 bridgehead atoms. The van der Waals surface area contributed by atoms with E-state index in [4.69, 9.17) is 11.6 Å². The van der Waals surface area contributed by atoms with Gasteiger partial charge in [0.05, 0.1) is 5.56 Å². The van der Waals surface area contributed by atoms with Crippen LogP contribution in [-0.4, -0.2) is 42.5 Å². The molecule has 1 unspecified atom stereocenters. The number of aromatic nitrogens is 4. The highest BCUT2D eigenvalue weighted by Crippen LogP contribution is 2.28. The van der Waals surface area contributed by atoms with E-state index in [1.807, 2.05) is 30.3 Å². The molecule has 10 nitrogen and oxygen atoms in total. The van der Waals surface area contributed by atoms with Crippen LogP contribution in [0.4, 0.5) is 11.8 Å². The monoisotopic (exact) mass is 587 g/mol. The highest BCUT2D eigenvalue weighted by Gasteiger charge is 2.25. The van der Waals surface area contributed by atoms with E-state index in [-0.39, 0.29) is 11.5 Å². The number of carboxylic acids is 1. The third-order valence-electron chi connectivity index (χ3n) is 7.42. The molecule has 1 aliphatic carbocycles. The zero-order chi connectivity index (χ0) is 29.3. The summed E-state index contributed by atoms with van der Waals surface area (Å²) in [4.78, 5) is 38.4. The fourth-order valence-corrected chi connectivity index (χ4v) is 5.32. The van der Waals surface area contributed by atoms with Crippen molar-refractivity contribution in [1.82, 2.24) is 24.8 Å². The number of nitrogens with one attached hydrogen (secondary N) is 3. The van der Waals surface area contributed by atoms with Gasteiger partial charge in [0.15, 0.2) is 0 Å². The van der Waals surface area contributed by atoms with Gasteiger partial charge in [-0.3, -0.25) is 9.36 Å². The van der Waals surface area contributed by atoms with E-state index in [0.717, 1.165) is 24.0 Å². The summed E-state index contributed by atoms with van der Waals surface area (Å²) in [5, 5.41) is 19.7. The standard InChI is InChI=1S/C31H34ClN7O3/c32-25-11-9-22(10-12-25)18-34-29(40)26(16-21-5-2-1-3-6-21)36-27-17-28(39-14-13-33-20-39)38-31(37-27)35-19-23-7-4-8-24(15-23)30(41)42/h4,7-15,17,20-21,26H,1-3,5-6,16,18-19H2,(H,34,40)(H,41,42)(H2,35,36,37,38). The SMILES string of the molecule is O=C(O)c1cccc(CNc2nc(NC(CC3CCCCC3)C(=O)NCc3ccc(Cl)cc3)cc(-n3ccnc3)n2)c1. The maximum Gasteiger partial charge on any atom is 0.335 e. The van der Waals surface area contributed by atoms with E-state index in [0.29, 0.717) is 48.0 Å². The van der Waals surface area contributed by atoms with Crippen molar-refractivity contribution in [2.45, 2.75) is 57.7 Å². The number of rotatable bonds is 12. The number of hydrogen-bond acceptors (Lipinski definition) is 7. The minimum atomic E-state index is -0.986. The van der Waals surface area contributed by atoms with E-state index in [1.165, 1.54) is 19.3 Å². The van der Waals surface area contributed by atoms with Gasteiger partial charge >= 0.3 is 5.97 Å². The molecule has 0 saturated heterocycles. The first kappa shape index (κ1) is 29.1. The lowest BCUT2D eigenvalue weighted by molar-refractivity contribution is -0.122. The van der Waals surface area contributed by atoms with Crippen molar-refractivity contribution in [1.29, 1.82) is 0 Å². The molecular formula is C31H34ClN7O3. The van der Waals surface area contributed by atoms with E-state index in [9.17, 15) is 14.7 Å². The normalized spacial score (nSPS) is 14.2. The molecule has 4 N–H and O–H groups in total. The van der Waals surface area contributed by atoms with Gasteiger partial charge in [0.25, 0.3) is 0 Å². The molecule has 218 valence electrons. The van der Waals surface area contributed by atoms with Crippen molar-refractivity contribution < 1.29 is 14.7 Å². The summed E-state index contributed by atoms with van der Waals surface area (Å²) in [6.45, 7) is 0.714. The zero-order valence-corrected chi connectivity index (χ0v) is 23.9. The fraction of sp³-hybridized carbons (Fsp3) is 0.323. The van der Waals surface area contributed by atoms with Crippen LogP contribution in [0.2, 0.25) is 5.02 Å². The predicted octanol–water partition coefficient (Wildman–Crippen LogP) is 5.69. The van der Waals surface area contributed by atoms with Gasteiger partial charge in [-0.15, -0.1) is 0 Å². The Labute approximate surface area is 249 Å². The molecule has 11 heteroatoms. The Balaban J connectivity index is 1.36. The third-order valence-corrected chi connectivity index (χ3v) is 7.67. The van der Waals surface area contributed by atoms with Gasteiger partial charge in [0.1, 0.15) is 24.0 Å². The van der Waals surface area contributed by atoms with Gasteiger partial charge in [-0.25, -0.2) is 9.78 Å². The Morgan fingerprint density at radius 3 is 2.55 bits per heavy atom. The van der Waals surface area contributed by atoms with Crippen LogP contribution in [0.25, 0.3) is 5.82 Å². The molecule has 1 saturated carbocycles. The van der Waals surface area contributed by atoms with Crippen LogP contribution in [0, 0.1) is 5.92 Å². The molecule has 4 aromatic rings. The molecule has 0 radical (unpaired) electrons. The molecule has 1 fully saturated rings. The van der Waals surface area contributed by atoms with Crippen LogP contribution in [-0.2, 0) is 17.9 Å². The molecule has 1 amide bonds. The van der Waals surface area contributed by atoms with Crippen molar-refractivity contribution in [3.63, 3.8) is 0 Å². The maximum atomic E-state index is 13.5. The van der Waals surface area contributed by atoms with E-state index >= 15 is 0 Å². The van der Waals surface area contributed by atoms with Gasteiger partial charge in [-0.1, -0.05) is 68.0 Å². The van der Waals surface area contributed by atoms with Crippen molar-refractivity contribution in [2.24, 2.45) is 5.92 Å². The van der Waals surface area contributed by atoms with E-state index in [2.05, 4.69) is 30.9 Å². The summed E-state index contributed by atoms with van der Waals surface area (Å²) in [5.74, 6) is 0.773. The Kier molecular flexibility index (Phi) is 9.66. The van der Waals surface area contributed by atoms with Crippen LogP contribution in [0.3, 0.4) is 0 Å². The lowest BCUT2D eigenvalue weighted by Crippen LogP contribution is -2.41. The highest BCUT2D eigenvalue weighted by molar-refractivity contribution is 6.30. The second-order valence-electron chi connectivity index (χ2n) is 10.5. The summed E-state index contributed by atoms with van der Waals surface area (Å²) >= 11 is 6.02. The van der Waals surface area contributed by atoms with E-state index < -0.39 is 12.0 Å². The van der Waals surface area contributed by atoms with Crippen molar-refractivity contribution >= 4 is 35.2 Å². The van der Waals surface area contributed by atoms with Crippen LogP contribution >= 0.6 is 11.6 Å². The Morgan fingerprint density at radius 1 is 1.00 bits per heavy atom. The summed E-state index contributed by atoms with van der Waals surface area (Å²) < 4.78 is 1.76. The van der Waals surface area contributed by atoms with Crippen LogP contribution in [0.5, 0.6) is 0 Å². The number of carbonyl (C=O) groups excluding carboxylic acids is 1. The molecule has 5 rings (SSSR count). The highest BCUT2D eigenvalue weighted by atomic mass is 35.5. The van der Waals surface area contributed by atoms with Gasteiger partial charge in [-0.05, 0) is 47.7 Å². The number of amides is 1. The summed E-state index contributed by atoms with van der Waals surface area (Å²) in [7, 11) is 0. The van der Waals surface area contributed by atoms with Gasteiger partial charge in [-0.2, -0.15) is 9.97 Å². The average Bonchev–Trinajstić information content (AvgIpc) is 3.55. The van der Waals surface area contributed by atoms with Crippen LogP contribution in [0.15, 0.2) is 73.3 Å². The number of aromatic carboxylic acids is 1. The second kappa shape index (κ2) is 14.0. The average molecular weight is 588 g/mol. The fourth-order valence-electron chi connectivity index (χ4n) is 5.19. The summed E-state index contributed by atoms with van der Waals surface area (Å²) in [6.07, 6.45) is 11.6. The van der Waals surface area contributed by atoms with E-state index in [1.54, 1.807) is 47.6 Å². The number of imidazole rings is 1. The number of benzene rings is 2. The smallest absolute Gasteiger partial charge is 0.335 e. The molecule has 0 aliphatic heterocycles. The largest absolute Gasteiger partial charge is 0.478 e. The summed E-state index contributed by atoms with van der Waals surface area (Å²) in [6, 6.07) is 15.4. The Bertz CT molecular complexity index is 1490. The van der Waals surface area contributed by atoms with Crippen molar-refractivity contribution in [3.05, 3.63) is 95.0 Å². The molecule has 1 aliphatic rings. The lowest BCUT2D eigenvalue weighted by atomic mass is 9.84. The third kappa shape index (κ3) is 8.07. The van der Waals surface area contributed by atoms with Crippen molar-refractivity contribution in [2.75, 3.05) is 10.6 Å². The first-order chi connectivity index (χ1) is 20.4. The number of carbonyl (C=O) groups is 2. The Hall–Kier alpha value is -4.44. The number of hydrogen-bond donors (Lipinski definition) is 4.